The average molecular weight is 294 g/mol. The molecule has 1 aliphatic rings. The van der Waals surface area contributed by atoms with Crippen LogP contribution < -0.4 is 5.32 Å². The highest BCUT2D eigenvalue weighted by atomic mass is 79.9. The van der Waals surface area contributed by atoms with Crippen LogP contribution in [0.2, 0.25) is 0 Å². The predicted molar refractivity (Wildman–Crippen MR) is 69.4 cm³/mol. The van der Waals surface area contributed by atoms with E-state index in [2.05, 4.69) is 21.2 Å². The van der Waals surface area contributed by atoms with Gasteiger partial charge in [0.25, 0.3) is 5.91 Å². The summed E-state index contributed by atoms with van der Waals surface area (Å²) in [4.78, 5) is 12.1. The molecule has 1 N–H and O–H groups in total. The number of para-hydroxylation sites is 1. The van der Waals surface area contributed by atoms with Crippen LogP contribution in [0.5, 0.6) is 0 Å². The number of furan rings is 1. The number of halogens is 1. The van der Waals surface area contributed by atoms with Crippen molar-refractivity contribution in [2.45, 2.75) is 18.4 Å². The highest BCUT2D eigenvalue weighted by molar-refractivity contribution is 9.09. The Morgan fingerprint density at radius 2 is 2.18 bits per heavy atom. The van der Waals surface area contributed by atoms with E-state index in [0.29, 0.717) is 5.56 Å². The molecule has 4 heteroatoms. The largest absolute Gasteiger partial charge is 0.463 e. The Kier molecular flexibility index (Phi) is 2.47. The summed E-state index contributed by atoms with van der Waals surface area (Å²) in [5.74, 6) is -0.0492. The molecule has 88 valence electrons. The Morgan fingerprint density at radius 1 is 1.41 bits per heavy atom. The molecule has 1 aromatic carbocycles. The third kappa shape index (κ3) is 1.86. The normalized spacial score (nSPS) is 17.0. The number of rotatable bonds is 3. The molecule has 2 aromatic rings. The molecule has 0 saturated heterocycles. The van der Waals surface area contributed by atoms with Crippen LogP contribution in [0.1, 0.15) is 23.2 Å². The number of nitrogens with one attached hydrogen (secondary N) is 1. The van der Waals surface area contributed by atoms with Gasteiger partial charge in [0.2, 0.25) is 0 Å². The van der Waals surface area contributed by atoms with Crippen LogP contribution in [0.25, 0.3) is 11.0 Å². The number of benzene rings is 1. The first-order chi connectivity index (χ1) is 8.24. The smallest absolute Gasteiger partial charge is 0.255 e. The van der Waals surface area contributed by atoms with Gasteiger partial charge >= 0.3 is 0 Å². The lowest BCUT2D eigenvalue weighted by Crippen LogP contribution is -2.37. The summed E-state index contributed by atoms with van der Waals surface area (Å²) >= 11 is 3.44. The molecule has 0 atom stereocenters. The van der Waals surface area contributed by atoms with Crippen molar-refractivity contribution in [2.75, 3.05) is 5.33 Å². The fourth-order valence-corrected chi connectivity index (χ4v) is 2.61. The van der Waals surface area contributed by atoms with Gasteiger partial charge in [-0.1, -0.05) is 34.1 Å². The maximum absolute atomic E-state index is 12.1. The molecule has 1 saturated carbocycles. The van der Waals surface area contributed by atoms with Gasteiger partial charge in [-0.05, 0) is 18.9 Å². The Hall–Kier alpha value is -1.29. The minimum Gasteiger partial charge on any atom is -0.463 e. The van der Waals surface area contributed by atoms with E-state index in [0.717, 1.165) is 29.1 Å². The van der Waals surface area contributed by atoms with E-state index in [1.165, 1.54) is 6.26 Å². The van der Waals surface area contributed by atoms with Crippen molar-refractivity contribution >= 4 is 32.8 Å². The minimum absolute atomic E-state index is 0.0323. The number of carbonyl (C=O) groups excluding carboxylic acids is 1. The fraction of sp³-hybridized carbons (Fsp3) is 0.308. The number of alkyl halides is 1. The first kappa shape index (κ1) is 10.8. The SMILES string of the molecule is O=C(NC1(CBr)CC1)c1coc2ccccc12. The van der Waals surface area contributed by atoms with E-state index in [9.17, 15) is 4.79 Å². The summed E-state index contributed by atoms with van der Waals surface area (Å²) in [6.45, 7) is 0. The molecule has 0 bridgehead atoms. The molecule has 3 rings (SSSR count). The van der Waals surface area contributed by atoms with Crippen LogP contribution in [0, 0.1) is 0 Å². The zero-order valence-corrected chi connectivity index (χ0v) is 10.8. The maximum atomic E-state index is 12.1. The molecule has 1 fully saturated rings. The van der Waals surface area contributed by atoms with Crippen LogP contribution in [0.4, 0.5) is 0 Å². The molecule has 1 heterocycles. The van der Waals surface area contributed by atoms with Gasteiger partial charge in [0.05, 0.1) is 11.1 Å². The molecule has 3 nitrogen and oxygen atoms in total. The van der Waals surface area contributed by atoms with Gasteiger partial charge in [-0.3, -0.25) is 4.79 Å². The van der Waals surface area contributed by atoms with Gasteiger partial charge in [0, 0.05) is 10.7 Å². The minimum atomic E-state index is -0.0492. The molecular weight excluding hydrogens is 282 g/mol. The third-order valence-corrected chi connectivity index (χ3v) is 4.29. The van der Waals surface area contributed by atoms with Crippen LogP contribution in [-0.4, -0.2) is 16.8 Å². The number of carbonyl (C=O) groups is 1. The van der Waals surface area contributed by atoms with E-state index in [4.69, 9.17) is 4.42 Å². The zero-order valence-electron chi connectivity index (χ0n) is 9.20. The molecule has 1 amide bonds. The molecule has 0 radical (unpaired) electrons. The molecule has 1 aliphatic carbocycles. The molecule has 0 spiro atoms. The maximum Gasteiger partial charge on any atom is 0.255 e. The number of amides is 1. The molecule has 0 aliphatic heterocycles. The van der Waals surface area contributed by atoms with E-state index >= 15 is 0 Å². The second kappa shape index (κ2) is 3.88. The molecule has 17 heavy (non-hydrogen) atoms. The van der Waals surface area contributed by atoms with Gasteiger partial charge in [-0.2, -0.15) is 0 Å². The lowest BCUT2D eigenvalue weighted by atomic mass is 10.1. The Morgan fingerprint density at radius 3 is 2.88 bits per heavy atom. The second-order valence-corrected chi connectivity index (χ2v) is 5.07. The molecule has 0 unspecified atom stereocenters. The van der Waals surface area contributed by atoms with Crippen molar-refractivity contribution in [3.8, 4) is 0 Å². The molecular formula is C13H12BrNO2. The van der Waals surface area contributed by atoms with Gasteiger partial charge in [0.1, 0.15) is 11.8 Å². The highest BCUT2D eigenvalue weighted by Gasteiger charge is 2.43. The lowest BCUT2D eigenvalue weighted by molar-refractivity contribution is 0.0937. The first-order valence-corrected chi connectivity index (χ1v) is 6.71. The van der Waals surface area contributed by atoms with E-state index in [1.54, 1.807) is 0 Å². The average Bonchev–Trinajstić information content (AvgIpc) is 2.99. The van der Waals surface area contributed by atoms with E-state index < -0.39 is 0 Å². The van der Waals surface area contributed by atoms with Crippen molar-refractivity contribution in [1.82, 2.24) is 5.32 Å². The van der Waals surface area contributed by atoms with Crippen LogP contribution in [0.15, 0.2) is 34.9 Å². The summed E-state index contributed by atoms with van der Waals surface area (Å²) in [5, 5.41) is 4.74. The Labute approximate surface area is 107 Å². The first-order valence-electron chi connectivity index (χ1n) is 5.59. The van der Waals surface area contributed by atoms with Gasteiger partial charge < -0.3 is 9.73 Å². The highest BCUT2D eigenvalue weighted by Crippen LogP contribution is 2.37. The van der Waals surface area contributed by atoms with Gasteiger partial charge in [-0.15, -0.1) is 0 Å². The Balaban J connectivity index is 1.91. The summed E-state index contributed by atoms with van der Waals surface area (Å²) in [6.07, 6.45) is 3.61. The standard InChI is InChI=1S/C13H12BrNO2/c14-8-13(5-6-13)15-12(16)10-7-17-11-4-2-1-3-9(10)11/h1-4,7H,5-6,8H2,(H,15,16). The topological polar surface area (TPSA) is 42.2 Å². The number of fused-ring (bicyclic) bond motifs is 1. The summed E-state index contributed by atoms with van der Waals surface area (Å²) < 4.78 is 5.37. The van der Waals surface area contributed by atoms with Crippen molar-refractivity contribution in [3.63, 3.8) is 0 Å². The number of hydrogen-bond acceptors (Lipinski definition) is 2. The predicted octanol–water partition coefficient (Wildman–Crippen LogP) is 3.09. The number of hydrogen-bond donors (Lipinski definition) is 1. The Bertz CT molecular complexity index is 572. The quantitative estimate of drug-likeness (QED) is 0.884. The summed E-state index contributed by atoms with van der Waals surface area (Å²) in [5.41, 5.74) is 1.34. The van der Waals surface area contributed by atoms with Crippen molar-refractivity contribution in [1.29, 1.82) is 0 Å². The monoisotopic (exact) mass is 293 g/mol. The third-order valence-electron chi connectivity index (χ3n) is 3.21. The van der Waals surface area contributed by atoms with Crippen LogP contribution >= 0.6 is 15.9 Å². The second-order valence-electron chi connectivity index (χ2n) is 4.51. The van der Waals surface area contributed by atoms with Gasteiger partial charge in [0.15, 0.2) is 0 Å². The van der Waals surface area contributed by atoms with Crippen molar-refractivity contribution in [2.24, 2.45) is 0 Å². The van der Waals surface area contributed by atoms with Gasteiger partial charge in [-0.25, -0.2) is 0 Å². The van der Waals surface area contributed by atoms with Crippen LogP contribution in [-0.2, 0) is 0 Å². The van der Waals surface area contributed by atoms with Crippen LogP contribution in [0.3, 0.4) is 0 Å². The lowest BCUT2D eigenvalue weighted by Gasteiger charge is -2.13. The van der Waals surface area contributed by atoms with Crippen molar-refractivity contribution < 1.29 is 9.21 Å². The van der Waals surface area contributed by atoms with E-state index in [1.807, 2.05) is 24.3 Å². The fourth-order valence-electron chi connectivity index (χ4n) is 1.90. The summed E-state index contributed by atoms with van der Waals surface area (Å²) in [7, 11) is 0. The van der Waals surface area contributed by atoms with Crippen molar-refractivity contribution in [3.05, 3.63) is 36.1 Å². The molecule has 1 aromatic heterocycles. The summed E-state index contributed by atoms with van der Waals surface area (Å²) in [6, 6.07) is 7.57. The zero-order chi connectivity index (χ0) is 11.9. The van der Waals surface area contributed by atoms with E-state index in [-0.39, 0.29) is 11.4 Å².